The zero-order valence-electron chi connectivity index (χ0n) is 9.86. The summed E-state index contributed by atoms with van der Waals surface area (Å²) in [6.45, 7) is 0.729. The fourth-order valence-corrected chi connectivity index (χ4v) is 2.27. The molecule has 2 nitrogen and oxygen atoms in total. The van der Waals surface area contributed by atoms with Crippen LogP contribution >= 0.6 is 15.9 Å². The van der Waals surface area contributed by atoms with Gasteiger partial charge in [0.2, 0.25) is 0 Å². The van der Waals surface area contributed by atoms with E-state index >= 15 is 0 Å². The van der Waals surface area contributed by atoms with Crippen molar-refractivity contribution in [1.29, 1.82) is 0 Å². The Kier molecular flexibility index (Phi) is 3.24. The van der Waals surface area contributed by atoms with Crippen LogP contribution in [0.2, 0.25) is 0 Å². The number of hydrogen-bond donors (Lipinski definition) is 0. The SMILES string of the molecule is BrCCCOc1ccc2oc3ccccc3c2c1. The van der Waals surface area contributed by atoms with Crippen molar-refractivity contribution in [3.05, 3.63) is 42.5 Å². The van der Waals surface area contributed by atoms with Gasteiger partial charge >= 0.3 is 0 Å². The van der Waals surface area contributed by atoms with E-state index in [4.69, 9.17) is 9.15 Å². The minimum absolute atomic E-state index is 0.729. The maximum atomic E-state index is 5.77. The Morgan fingerprint density at radius 1 is 1.00 bits per heavy atom. The van der Waals surface area contributed by atoms with E-state index in [1.54, 1.807) is 0 Å². The van der Waals surface area contributed by atoms with Gasteiger partial charge in [0.15, 0.2) is 0 Å². The molecule has 0 amide bonds. The molecule has 1 heterocycles. The maximum absolute atomic E-state index is 5.77. The Bertz CT molecular complexity index is 672. The highest BCUT2D eigenvalue weighted by atomic mass is 79.9. The van der Waals surface area contributed by atoms with Crippen LogP contribution in [-0.4, -0.2) is 11.9 Å². The number of ether oxygens (including phenoxy) is 1. The van der Waals surface area contributed by atoms with Crippen LogP contribution in [0.4, 0.5) is 0 Å². The first kappa shape index (κ1) is 11.6. The summed E-state index contributed by atoms with van der Waals surface area (Å²) in [6, 6.07) is 14.0. The van der Waals surface area contributed by atoms with Crippen molar-refractivity contribution in [3.8, 4) is 5.75 Å². The van der Waals surface area contributed by atoms with Crippen LogP contribution in [0.15, 0.2) is 46.9 Å². The fraction of sp³-hybridized carbons (Fsp3) is 0.200. The predicted molar refractivity (Wildman–Crippen MR) is 77.6 cm³/mol. The third-order valence-electron chi connectivity index (χ3n) is 2.89. The monoisotopic (exact) mass is 304 g/mol. The van der Waals surface area contributed by atoms with E-state index in [9.17, 15) is 0 Å². The molecule has 0 saturated heterocycles. The van der Waals surface area contributed by atoms with Gasteiger partial charge in [0, 0.05) is 16.1 Å². The molecule has 2 aromatic carbocycles. The van der Waals surface area contributed by atoms with E-state index in [0.29, 0.717) is 0 Å². The smallest absolute Gasteiger partial charge is 0.135 e. The Balaban J connectivity index is 2.02. The number of benzene rings is 2. The molecular formula is C15H13BrO2. The molecule has 0 spiro atoms. The first-order valence-electron chi connectivity index (χ1n) is 5.98. The van der Waals surface area contributed by atoms with Gasteiger partial charge in [0.1, 0.15) is 16.9 Å². The fourth-order valence-electron chi connectivity index (χ4n) is 2.04. The molecule has 0 aliphatic carbocycles. The van der Waals surface area contributed by atoms with E-state index in [1.165, 1.54) is 0 Å². The third kappa shape index (κ3) is 2.10. The maximum Gasteiger partial charge on any atom is 0.135 e. The minimum atomic E-state index is 0.729. The molecule has 3 rings (SSSR count). The Morgan fingerprint density at radius 2 is 1.83 bits per heavy atom. The van der Waals surface area contributed by atoms with Crippen molar-refractivity contribution >= 4 is 37.9 Å². The van der Waals surface area contributed by atoms with Gasteiger partial charge in [-0.25, -0.2) is 0 Å². The number of halogens is 1. The van der Waals surface area contributed by atoms with E-state index in [2.05, 4.69) is 28.1 Å². The van der Waals surface area contributed by atoms with Crippen molar-refractivity contribution in [2.75, 3.05) is 11.9 Å². The molecule has 3 aromatic rings. The zero-order chi connectivity index (χ0) is 12.4. The van der Waals surface area contributed by atoms with Crippen molar-refractivity contribution in [3.63, 3.8) is 0 Å². The Hall–Kier alpha value is -1.48. The highest BCUT2D eigenvalue weighted by Crippen LogP contribution is 2.31. The van der Waals surface area contributed by atoms with Gasteiger partial charge in [0.05, 0.1) is 6.61 Å². The van der Waals surface area contributed by atoms with Crippen LogP contribution in [0.1, 0.15) is 6.42 Å². The second kappa shape index (κ2) is 5.02. The third-order valence-corrected chi connectivity index (χ3v) is 3.46. The number of rotatable bonds is 4. The normalized spacial score (nSPS) is 11.2. The molecule has 3 heteroatoms. The van der Waals surface area contributed by atoms with Crippen LogP contribution < -0.4 is 4.74 Å². The summed E-state index contributed by atoms with van der Waals surface area (Å²) in [6.07, 6.45) is 1.00. The molecule has 0 atom stereocenters. The summed E-state index contributed by atoms with van der Waals surface area (Å²) in [5, 5.41) is 3.21. The van der Waals surface area contributed by atoms with Crippen LogP contribution in [0, 0.1) is 0 Å². The molecule has 0 unspecified atom stereocenters. The van der Waals surface area contributed by atoms with Gasteiger partial charge in [-0.15, -0.1) is 0 Å². The standard InChI is InChI=1S/C15H13BrO2/c16-8-3-9-17-11-6-7-15-13(10-11)12-4-1-2-5-14(12)18-15/h1-2,4-7,10H,3,8-9H2. The second-order valence-electron chi connectivity index (χ2n) is 4.15. The van der Waals surface area contributed by atoms with Crippen LogP contribution in [0.25, 0.3) is 21.9 Å². The number of furan rings is 1. The van der Waals surface area contributed by atoms with Crippen LogP contribution in [0.3, 0.4) is 0 Å². The number of para-hydroxylation sites is 1. The molecule has 0 bridgehead atoms. The molecule has 0 N–H and O–H groups in total. The topological polar surface area (TPSA) is 22.4 Å². The molecular weight excluding hydrogens is 292 g/mol. The lowest BCUT2D eigenvalue weighted by Crippen LogP contribution is -1.97. The van der Waals surface area contributed by atoms with Gasteiger partial charge < -0.3 is 9.15 Å². The number of fused-ring (bicyclic) bond motifs is 3. The molecule has 18 heavy (non-hydrogen) atoms. The minimum Gasteiger partial charge on any atom is -0.494 e. The average Bonchev–Trinajstić information content (AvgIpc) is 2.77. The Morgan fingerprint density at radius 3 is 2.72 bits per heavy atom. The lowest BCUT2D eigenvalue weighted by Gasteiger charge is -2.04. The summed E-state index contributed by atoms with van der Waals surface area (Å²) >= 11 is 3.39. The van der Waals surface area contributed by atoms with Gasteiger partial charge in [-0.3, -0.25) is 0 Å². The average molecular weight is 305 g/mol. The van der Waals surface area contributed by atoms with Crippen LogP contribution in [-0.2, 0) is 0 Å². The van der Waals surface area contributed by atoms with Gasteiger partial charge in [-0.1, -0.05) is 34.1 Å². The molecule has 0 aliphatic rings. The van der Waals surface area contributed by atoms with Crippen molar-refractivity contribution in [1.82, 2.24) is 0 Å². The molecule has 0 radical (unpaired) electrons. The quantitative estimate of drug-likeness (QED) is 0.512. The highest BCUT2D eigenvalue weighted by molar-refractivity contribution is 9.09. The molecule has 0 fully saturated rings. The first-order chi connectivity index (χ1) is 8.88. The zero-order valence-corrected chi connectivity index (χ0v) is 11.4. The molecule has 0 aliphatic heterocycles. The largest absolute Gasteiger partial charge is 0.494 e. The van der Waals surface area contributed by atoms with Gasteiger partial charge in [0.25, 0.3) is 0 Å². The molecule has 1 aromatic heterocycles. The lowest BCUT2D eigenvalue weighted by molar-refractivity contribution is 0.319. The van der Waals surface area contributed by atoms with E-state index in [-0.39, 0.29) is 0 Å². The van der Waals surface area contributed by atoms with Crippen molar-refractivity contribution in [2.24, 2.45) is 0 Å². The second-order valence-corrected chi connectivity index (χ2v) is 4.94. The summed E-state index contributed by atoms with van der Waals surface area (Å²) < 4.78 is 11.5. The van der Waals surface area contributed by atoms with E-state index in [1.807, 2.05) is 30.3 Å². The summed E-state index contributed by atoms with van der Waals surface area (Å²) in [5.74, 6) is 0.898. The highest BCUT2D eigenvalue weighted by Gasteiger charge is 2.06. The Labute approximate surface area is 114 Å². The number of hydrogen-bond acceptors (Lipinski definition) is 2. The summed E-state index contributed by atoms with van der Waals surface area (Å²) in [5.41, 5.74) is 1.83. The summed E-state index contributed by atoms with van der Waals surface area (Å²) in [7, 11) is 0. The first-order valence-corrected chi connectivity index (χ1v) is 7.11. The van der Waals surface area contributed by atoms with Gasteiger partial charge in [-0.05, 0) is 30.7 Å². The van der Waals surface area contributed by atoms with E-state index in [0.717, 1.165) is 46.0 Å². The summed E-state index contributed by atoms with van der Waals surface area (Å²) in [4.78, 5) is 0. The lowest BCUT2D eigenvalue weighted by atomic mass is 10.1. The van der Waals surface area contributed by atoms with Gasteiger partial charge in [-0.2, -0.15) is 0 Å². The van der Waals surface area contributed by atoms with Crippen molar-refractivity contribution < 1.29 is 9.15 Å². The number of alkyl halides is 1. The van der Waals surface area contributed by atoms with Crippen LogP contribution in [0.5, 0.6) is 5.75 Å². The molecule has 92 valence electrons. The molecule has 0 saturated carbocycles. The van der Waals surface area contributed by atoms with Crippen molar-refractivity contribution in [2.45, 2.75) is 6.42 Å². The van der Waals surface area contributed by atoms with E-state index < -0.39 is 0 Å². The predicted octanol–water partition coefficient (Wildman–Crippen LogP) is 4.75.